The van der Waals surface area contributed by atoms with Gasteiger partial charge in [0.1, 0.15) is 11.5 Å². The number of imide groups is 1. The first kappa shape index (κ1) is 19.7. The Morgan fingerprint density at radius 2 is 1.83 bits per heavy atom. The van der Waals surface area contributed by atoms with Crippen molar-refractivity contribution in [3.8, 4) is 11.3 Å². The molecule has 0 aliphatic carbocycles. The number of nitrogens with zero attached hydrogens (tertiary/aromatic N) is 1. The predicted octanol–water partition coefficient (Wildman–Crippen LogP) is 5.19. The van der Waals surface area contributed by atoms with Gasteiger partial charge in [0.05, 0.1) is 17.0 Å². The summed E-state index contributed by atoms with van der Waals surface area (Å²) in [4.78, 5) is 37.8. The van der Waals surface area contributed by atoms with Gasteiger partial charge in [0, 0.05) is 11.6 Å². The van der Waals surface area contributed by atoms with E-state index in [0.29, 0.717) is 22.6 Å². The van der Waals surface area contributed by atoms with Crippen molar-refractivity contribution in [2.45, 2.75) is 13.5 Å². The van der Waals surface area contributed by atoms with Crippen molar-refractivity contribution in [2.75, 3.05) is 0 Å². The summed E-state index contributed by atoms with van der Waals surface area (Å²) in [6, 6.07) is 17.7. The lowest BCUT2D eigenvalue weighted by molar-refractivity contribution is -0.123. The van der Waals surface area contributed by atoms with Crippen LogP contribution in [0.25, 0.3) is 17.4 Å². The summed E-state index contributed by atoms with van der Waals surface area (Å²) >= 11 is 0.871. The molecule has 0 saturated carbocycles. The maximum Gasteiger partial charge on any atom is 0.335 e. The molecule has 7 heteroatoms. The van der Waals surface area contributed by atoms with E-state index >= 15 is 0 Å². The minimum absolute atomic E-state index is 0.201. The summed E-state index contributed by atoms with van der Waals surface area (Å²) in [5, 5.41) is 8.97. The third-order valence-corrected chi connectivity index (χ3v) is 5.69. The second-order valence-corrected chi connectivity index (χ2v) is 7.73. The summed E-state index contributed by atoms with van der Waals surface area (Å²) in [5.41, 5.74) is 2.32. The molecule has 6 nitrogen and oxygen atoms in total. The lowest BCUT2D eigenvalue weighted by Crippen LogP contribution is -2.27. The molecule has 0 radical (unpaired) electrons. The van der Waals surface area contributed by atoms with Crippen LogP contribution in [0.3, 0.4) is 0 Å². The van der Waals surface area contributed by atoms with E-state index in [9.17, 15) is 19.5 Å². The number of carboxylic acid groups (broad SMARTS) is 1. The fraction of sp³-hybridized carbons (Fsp3) is 0.0870. The minimum Gasteiger partial charge on any atom is -0.478 e. The molecule has 1 aliphatic rings. The van der Waals surface area contributed by atoms with Crippen LogP contribution in [-0.4, -0.2) is 27.1 Å². The first-order valence-corrected chi connectivity index (χ1v) is 9.98. The second kappa shape index (κ2) is 8.04. The summed E-state index contributed by atoms with van der Waals surface area (Å²) in [6.45, 7) is 1.93. The molecule has 1 aromatic heterocycles. The normalized spacial score (nSPS) is 15.2. The highest BCUT2D eigenvalue weighted by atomic mass is 32.2. The van der Waals surface area contributed by atoms with Crippen LogP contribution in [0.15, 0.2) is 70.0 Å². The van der Waals surface area contributed by atoms with Crippen LogP contribution in [-0.2, 0) is 11.3 Å². The lowest BCUT2D eigenvalue weighted by atomic mass is 10.0. The van der Waals surface area contributed by atoms with Gasteiger partial charge >= 0.3 is 5.97 Å². The highest BCUT2D eigenvalue weighted by Gasteiger charge is 2.35. The zero-order valence-electron chi connectivity index (χ0n) is 16.0. The zero-order valence-corrected chi connectivity index (χ0v) is 16.8. The average molecular weight is 419 g/mol. The number of carboxylic acids is 1. The van der Waals surface area contributed by atoms with Gasteiger partial charge in [-0.15, -0.1) is 0 Å². The van der Waals surface area contributed by atoms with Crippen LogP contribution in [0.5, 0.6) is 0 Å². The lowest BCUT2D eigenvalue weighted by Gasteiger charge is -2.11. The third-order valence-electron chi connectivity index (χ3n) is 4.79. The highest BCUT2D eigenvalue weighted by Crippen LogP contribution is 2.35. The molecule has 2 heterocycles. The van der Waals surface area contributed by atoms with Gasteiger partial charge in [-0.2, -0.15) is 0 Å². The molecule has 4 rings (SSSR count). The summed E-state index contributed by atoms with van der Waals surface area (Å²) in [7, 11) is 0. The van der Waals surface area contributed by atoms with E-state index < -0.39 is 5.97 Å². The van der Waals surface area contributed by atoms with Gasteiger partial charge in [-0.3, -0.25) is 14.5 Å². The van der Waals surface area contributed by atoms with Gasteiger partial charge < -0.3 is 9.52 Å². The number of amides is 2. The van der Waals surface area contributed by atoms with Crippen molar-refractivity contribution in [3.63, 3.8) is 0 Å². The average Bonchev–Trinajstić information content (AvgIpc) is 3.29. The second-order valence-electron chi connectivity index (χ2n) is 6.74. The van der Waals surface area contributed by atoms with E-state index in [0.717, 1.165) is 17.3 Å². The molecule has 2 aromatic carbocycles. The van der Waals surface area contributed by atoms with Crippen LogP contribution in [0.4, 0.5) is 4.79 Å². The molecule has 150 valence electrons. The molecule has 30 heavy (non-hydrogen) atoms. The SMILES string of the molecule is Cc1c(C(=O)O)cccc1-c1ccc(/C=C2\SC(=O)N(Cc3ccccc3)C2=O)o1. The van der Waals surface area contributed by atoms with Gasteiger partial charge in [0.15, 0.2) is 0 Å². The van der Waals surface area contributed by atoms with Crippen molar-refractivity contribution >= 4 is 35.0 Å². The molecule has 0 atom stereocenters. The monoisotopic (exact) mass is 419 g/mol. The standard InChI is InChI=1S/C23H17NO5S/c1-14-17(8-5-9-18(14)22(26)27)19-11-10-16(29-19)12-20-21(25)24(23(28)30-20)13-15-6-3-2-4-7-15/h2-12H,13H2,1H3,(H,26,27)/b20-12-. The van der Waals surface area contributed by atoms with Crippen LogP contribution in [0.2, 0.25) is 0 Å². The maximum absolute atomic E-state index is 12.7. The number of rotatable bonds is 5. The van der Waals surface area contributed by atoms with E-state index in [1.165, 1.54) is 17.0 Å². The van der Waals surface area contributed by atoms with Gasteiger partial charge in [-0.25, -0.2) is 4.79 Å². The molecule has 0 unspecified atom stereocenters. The zero-order chi connectivity index (χ0) is 21.3. The molecule has 1 aliphatic heterocycles. The largest absolute Gasteiger partial charge is 0.478 e. The molecule has 3 aromatic rings. The van der Waals surface area contributed by atoms with Gasteiger partial charge in [-0.05, 0) is 48.0 Å². The van der Waals surface area contributed by atoms with Crippen LogP contribution in [0, 0.1) is 6.92 Å². The predicted molar refractivity (Wildman–Crippen MR) is 114 cm³/mol. The van der Waals surface area contributed by atoms with Crippen molar-refractivity contribution in [1.29, 1.82) is 0 Å². The van der Waals surface area contributed by atoms with Crippen molar-refractivity contribution < 1.29 is 23.9 Å². The Morgan fingerprint density at radius 1 is 1.07 bits per heavy atom. The molecule has 0 spiro atoms. The minimum atomic E-state index is -1.01. The third kappa shape index (κ3) is 3.79. The van der Waals surface area contributed by atoms with E-state index in [2.05, 4.69) is 0 Å². The number of benzene rings is 2. The van der Waals surface area contributed by atoms with Gasteiger partial charge in [0.25, 0.3) is 11.1 Å². The molecular weight excluding hydrogens is 402 g/mol. The van der Waals surface area contributed by atoms with Crippen LogP contribution in [0.1, 0.15) is 27.2 Å². The first-order chi connectivity index (χ1) is 14.4. The molecule has 1 fully saturated rings. The topological polar surface area (TPSA) is 87.8 Å². The first-order valence-electron chi connectivity index (χ1n) is 9.16. The van der Waals surface area contributed by atoms with Crippen molar-refractivity contribution in [3.05, 3.63) is 88.0 Å². The van der Waals surface area contributed by atoms with Gasteiger partial charge in [-0.1, -0.05) is 42.5 Å². The van der Waals surface area contributed by atoms with Crippen LogP contribution >= 0.6 is 11.8 Å². The number of hydrogen-bond acceptors (Lipinski definition) is 5. The van der Waals surface area contributed by atoms with E-state index in [1.54, 1.807) is 31.2 Å². The molecular formula is C23H17NO5S. The number of thioether (sulfide) groups is 1. The maximum atomic E-state index is 12.7. The summed E-state index contributed by atoms with van der Waals surface area (Å²) < 4.78 is 5.82. The highest BCUT2D eigenvalue weighted by molar-refractivity contribution is 8.18. The Bertz CT molecular complexity index is 1180. The molecule has 1 saturated heterocycles. The molecule has 1 N–H and O–H groups in total. The summed E-state index contributed by atoms with van der Waals surface area (Å²) in [6.07, 6.45) is 1.54. The number of carbonyl (C=O) groups is 3. The fourth-order valence-corrected chi connectivity index (χ4v) is 4.06. The Balaban J connectivity index is 1.58. The Hall–Kier alpha value is -3.58. The summed E-state index contributed by atoms with van der Waals surface area (Å²) in [5.74, 6) is -0.468. The smallest absolute Gasteiger partial charge is 0.335 e. The molecule has 0 bridgehead atoms. The molecule has 2 amide bonds. The van der Waals surface area contributed by atoms with Crippen molar-refractivity contribution in [2.24, 2.45) is 0 Å². The Kier molecular flexibility index (Phi) is 5.29. The Morgan fingerprint density at radius 3 is 2.57 bits per heavy atom. The fourth-order valence-electron chi connectivity index (χ4n) is 3.24. The van der Waals surface area contributed by atoms with Gasteiger partial charge in [0.2, 0.25) is 0 Å². The number of aromatic carboxylic acids is 1. The van der Waals surface area contributed by atoms with Crippen LogP contribution < -0.4 is 0 Å². The van der Waals surface area contributed by atoms with Crippen molar-refractivity contribution in [1.82, 2.24) is 4.90 Å². The number of carbonyl (C=O) groups excluding carboxylic acids is 2. The quantitative estimate of drug-likeness (QED) is 0.573. The Labute approximate surface area is 176 Å². The van der Waals surface area contributed by atoms with E-state index in [4.69, 9.17) is 4.42 Å². The number of hydrogen-bond donors (Lipinski definition) is 1. The van der Waals surface area contributed by atoms with E-state index in [-0.39, 0.29) is 28.2 Å². The number of furan rings is 1. The van der Waals surface area contributed by atoms with E-state index in [1.807, 2.05) is 30.3 Å².